The van der Waals surface area contributed by atoms with Gasteiger partial charge in [0.2, 0.25) is 0 Å². The van der Waals surface area contributed by atoms with Crippen LogP contribution >= 0.6 is 11.6 Å². The van der Waals surface area contributed by atoms with Gasteiger partial charge in [-0.3, -0.25) is 9.10 Å². The number of carbonyl (C=O) groups excluding carboxylic acids is 1. The van der Waals surface area contributed by atoms with Gasteiger partial charge in [-0.2, -0.15) is 0 Å². The van der Waals surface area contributed by atoms with Gasteiger partial charge in [-0.1, -0.05) is 29.8 Å². The fraction of sp³-hybridized carbons (Fsp3) is 0.0952. The molecule has 3 aromatic carbocycles. The molecule has 0 aliphatic carbocycles. The number of carbonyl (C=O) groups is 1. The van der Waals surface area contributed by atoms with Crippen LogP contribution in [0.4, 0.5) is 11.4 Å². The Bertz CT molecular complexity index is 1120. The highest BCUT2D eigenvalue weighted by atomic mass is 35.5. The molecule has 0 saturated carbocycles. The lowest BCUT2D eigenvalue weighted by molar-refractivity contribution is 0.102. The maximum atomic E-state index is 12.9. The average molecular weight is 431 g/mol. The molecule has 0 saturated heterocycles. The van der Waals surface area contributed by atoms with Gasteiger partial charge in [-0.25, -0.2) is 8.42 Å². The molecule has 29 heavy (non-hydrogen) atoms. The first kappa shape index (κ1) is 20.7. The summed E-state index contributed by atoms with van der Waals surface area (Å²) in [5, 5.41) is 2.96. The van der Waals surface area contributed by atoms with Gasteiger partial charge < -0.3 is 10.1 Å². The van der Waals surface area contributed by atoms with Crippen LogP contribution in [-0.2, 0) is 10.0 Å². The van der Waals surface area contributed by atoms with E-state index in [1.165, 1.54) is 38.4 Å². The van der Waals surface area contributed by atoms with Crippen molar-refractivity contribution in [1.82, 2.24) is 0 Å². The molecule has 0 heterocycles. The summed E-state index contributed by atoms with van der Waals surface area (Å²) < 4.78 is 32.0. The first-order chi connectivity index (χ1) is 13.8. The topological polar surface area (TPSA) is 75.7 Å². The smallest absolute Gasteiger partial charge is 0.264 e. The first-order valence-corrected chi connectivity index (χ1v) is 10.4. The molecule has 0 bridgehead atoms. The van der Waals surface area contributed by atoms with E-state index in [1.807, 2.05) is 6.07 Å². The van der Waals surface area contributed by atoms with Crippen LogP contribution in [0.2, 0.25) is 5.02 Å². The highest BCUT2D eigenvalue weighted by Gasteiger charge is 2.23. The van der Waals surface area contributed by atoms with Crippen LogP contribution in [0.3, 0.4) is 0 Å². The summed E-state index contributed by atoms with van der Waals surface area (Å²) >= 11 is 6.18. The molecule has 150 valence electrons. The predicted molar refractivity (Wildman–Crippen MR) is 114 cm³/mol. The summed E-state index contributed by atoms with van der Waals surface area (Å²) in [6.45, 7) is 0. The lowest BCUT2D eigenvalue weighted by Crippen LogP contribution is -2.27. The fourth-order valence-electron chi connectivity index (χ4n) is 2.65. The van der Waals surface area contributed by atoms with Crippen LogP contribution in [-0.4, -0.2) is 28.5 Å². The van der Waals surface area contributed by atoms with E-state index >= 15 is 0 Å². The molecule has 6 nitrogen and oxygen atoms in total. The van der Waals surface area contributed by atoms with Crippen LogP contribution < -0.4 is 14.4 Å². The summed E-state index contributed by atoms with van der Waals surface area (Å²) in [5.41, 5.74) is 1.09. The number of hydrogen-bond acceptors (Lipinski definition) is 4. The molecule has 0 aromatic heterocycles. The Morgan fingerprint density at radius 2 is 1.66 bits per heavy atom. The number of benzene rings is 3. The minimum atomic E-state index is -3.83. The van der Waals surface area contributed by atoms with Gasteiger partial charge in [0.15, 0.2) is 0 Å². The Kier molecular flexibility index (Phi) is 6.10. The third kappa shape index (κ3) is 4.52. The van der Waals surface area contributed by atoms with Crippen LogP contribution in [0.15, 0.2) is 77.7 Å². The molecule has 3 aromatic rings. The molecule has 0 unspecified atom stereocenters. The summed E-state index contributed by atoms with van der Waals surface area (Å²) in [6, 6.07) is 19.5. The zero-order valence-electron chi connectivity index (χ0n) is 15.8. The van der Waals surface area contributed by atoms with Crippen LogP contribution in [0, 0.1) is 0 Å². The average Bonchev–Trinajstić information content (AvgIpc) is 2.74. The molecule has 0 aliphatic rings. The monoisotopic (exact) mass is 430 g/mol. The number of nitrogens with zero attached hydrogens (tertiary/aromatic N) is 1. The highest BCUT2D eigenvalue weighted by molar-refractivity contribution is 7.92. The van der Waals surface area contributed by atoms with Crippen LogP contribution in [0.5, 0.6) is 5.75 Å². The Labute approximate surface area is 174 Å². The van der Waals surface area contributed by atoms with Crippen molar-refractivity contribution in [1.29, 1.82) is 0 Å². The number of methoxy groups -OCH3 is 1. The molecule has 0 atom stereocenters. The molecule has 3 rings (SSSR count). The number of rotatable bonds is 6. The predicted octanol–water partition coefficient (Wildman–Crippen LogP) is 4.43. The van der Waals surface area contributed by atoms with Gasteiger partial charge in [0, 0.05) is 12.7 Å². The van der Waals surface area contributed by atoms with E-state index in [0.717, 1.165) is 4.31 Å². The van der Waals surface area contributed by atoms with E-state index < -0.39 is 15.9 Å². The molecule has 0 spiro atoms. The van der Waals surface area contributed by atoms with Crippen LogP contribution in [0.1, 0.15) is 10.4 Å². The lowest BCUT2D eigenvalue weighted by atomic mass is 10.1. The number of sulfonamides is 1. The molecular formula is C21H19ClN2O4S. The first-order valence-electron chi connectivity index (χ1n) is 8.62. The zero-order valence-corrected chi connectivity index (χ0v) is 17.4. The summed E-state index contributed by atoms with van der Waals surface area (Å²) in [7, 11) is -0.905. The van der Waals surface area contributed by atoms with E-state index in [0.29, 0.717) is 17.1 Å². The van der Waals surface area contributed by atoms with E-state index in [4.69, 9.17) is 16.3 Å². The number of anilines is 2. The fourth-order valence-corrected chi connectivity index (χ4v) is 4.04. The highest BCUT2D eigenvalue weighted by Crippen LogP contribution is 2.28. The molecule has 1 N–H and O–H groups in total. The number of hydrogen-bond donors (Lipinski definition) is 1. The zero-order chi connectivity index (χ0) is 21.0. The lowest BCUT2D eigenvalue weighted by Gasteiger charge is -2.20. The molecular weight excluding hydrogens is 412 g/mol. The summed E-state index contributed by atoms with van der Waals surface area (Å²) in [6.07, 6.45) is 0. The second-order valence-electron chi connectivity index (χ2n) is 6.13. The number of ether oxygens (including phenoxy) is 1. The number of para-hydroxylation sites is 1. The molecule has 0 fully saturated rings. The Hall–Kier alpha value is -3.03. The maximum Gasteiger partial charge on any atom is 0.264 e. The van der Waals surface area contributed by atoms with Crippen molar-refractivity contribution in [2.45, 2.75) is 4.90 Å². The van der Waals surface area contributed by atoms with Gasteiger partial charge in [0.1, 0.15) is 5.75 Å². The third-order valence-electron chi connectivity index (χ3n) is 4.31. The van der Waals surface area contributed by atoms with E-state index in [-0.39, 0.29) is 15.5 Å². The summed E-state index contributed by atoms with van der Waals surface area (Å²) in [4.78, 5) is 12.7. The number of amides is 1. The largest absolute Gasteiger partial charge is 0.497 e. The van der Waals surface area contributed by atoms with Crippen LogP contribution in [0.25, 0.3) is 0 Å². The maximum absolute atomic E-state index is 12.9. The molecule has 0 aliphatic heterocycles. The standard InChI is InChI=1S/C21H19ClN2O4S/c1-24(29(26,27)18-11-9-17(28-2)10-12-18)16-8-13-20(22)19(14-16)21(25)23-15-6-4-3-5-7-15/h3-14H,1-2H3,(H,23,25). The van der Waals surface area contributed by atoms with Gasteiger partial charge in [0.05, 0.1) is 28.3 Å². The molecule has 0 radical (unpaired) electrons. The van der Waals surface area contributed by atoms with Gasteiger partial charge in [-0.05, 0) is 54.6 Å². The minimum Gasteiger partial charge on any atom is -0.497 e. The molecule has 1 amide bonds. The van der Waals surface area contributed by atoms with Gasteiger partial charge >= 0.3 is 0 Å². The second-order valence-corrected chi connectivity index (χ2v) is 8.51. The number of halogens is 1. The van der Waals surface area contributed by atoms with Gasteiger partial charge in [0.25, 0.3) is 15.9 Å². The van der Waals surface area contributed by atoms with Crippen molar-refractivity contribution in [3.63, 3.8) is 0 Å². The van der Waals surface area contributed by atoms with Crippen molar-refractivity contribution < 1.29 is 17.9 Å². The number of nitrogens with one attached hydrogen (secondary N) is 1. The van der Waals surface area contributed by atoms with Crippen molar-refractivity contribution in [2.75, 3.05) is 23.8 Å². The molecule has 8 heteroatoms. The van der Waals surface area contributed by atoms with E-state index in [2.05, 4.69) is 5.32 Å². The minimum absolute atomic E-state index is 0.103. The third-order valence-corrected chi connectivity index (χ3v) is 6.44. The Morgan fingerprint density at radius 1 is 1.00 bits per heavy atom. The van der Waals surface area contributed by atoms with E-state index in [1.54, 1.807) is 42.5 Å². The van der Waals surface area contributed by atoms with Crippen molar-refractivity contribution in [3.05, 3.63) is 83.4 Å². The Morgan fingerprint density at radius 3 is 2.28 bits per heavy atom. The quantitative estimate of drug-likeness (QED) is 0.627. The SMILES string of the molecule is COc1ccc(S(=O)(=O)N(C)c2ccc(Cl)c(C(=O)Nc3ccccc3)c2)cc1. The van der Waals surface area contributed by atoms with Crippen molar-refractivity contribution in [2.24, 2.45) is 0 Å². The second kappa shape index (κ2) is 8.55. The summed E-state index contributed by atoms with van der Waals surface area (Å²) in [5.74, 6) is 0.122. The van der Waals surface area contributed by atoms with E-state index in [9.17, 15) is 13.2 Å². The Balaban J connectivity index is 1.90. The van der Waals surface area contributed by atoms with Crippen molar-refractivity contribution >= 4 is 38.9 Å². The van der Waals surface area contributed by atoms with Gasteiger partial charge in [-0.15, -0.1) is 0 Å². The normalized spacial score (nSPS) is 11.0. The van der Waals surface area contributed by atoms with Crippen molar-refractivity contribution in [3.8, 4) is 5.75 Å².